The summed E-state index contributed by atoms with van der Waals surface area (Å²) < 4.78 is 0.696. The lowest BCUT2D eigenvalue weighted by atomic mass is 9.76. The van der Waals surface area contributed by atoms with Gasteiger partial charge in [-0.05, 0) is 46.8 Å². The predicted octanol–water partition coefficient (Wildman–Crippen LogP) is 3.77. The number of amides is 1. The Kier molecular flexibility index (Phi) is 5.10. The van der Waals surface area contributed by atoms with E-state index in [9.17, 15) is 9.90 Å². The van der Waals surface area contributed by atoms with E-state index in [0.29, 0.717) is 21.0 Å². The molecule has 20 heavy (non-hydrogen) atoms. The van der Waals surface area contributed by atoms with Crippen molar-refractivity contribution in [3.8, 4) is 0 Å². The van der Waals surface area contributed by atoms with Crippen molar-refractivity contribution in [1.29, 1.82) is 0 Å². The third-order valence-corrected chi connectivity index (χ3v) is 5.27. The minimum absolute atomic E-state index is 0.0330. The van der Waals surface area contributed by atoms with Crippen LogP contribution in [0.3, 0.4) is 0 Å². The van der Waals surface area contributed by atoms with Gasteiger partial charge in [0, 0.05) is 4.47 Å². The van der Waals surface area contributed by atoms with Crippen LogP contribution in [0.1, 0.15) is 43.0 Å². The summed E-state index contributed by atoms with van der Waals surface area (Å²) in [6.07, 6.45) is 3.79. The number of nitrogens with one attached hydrogen (secondary N) is 1. The average molecular weight is 361 g/mol. The second-order valence-electron chi connectivity index (χ2n) is 5.70. The molecule has 0 saturated heterocycles. The molecule has 1 aliphatic carbocycles. The second kappa shape index (κ2) is 6.46. The van der Waals surface area contributed by atoms with Gasteiger partial charge in [0.25, 0.3) is 5.91 Å². The molecule has 0 aromatic heterocycles. The van der Waals surface area contributed by atoms with Crippen molar-refractivity contribution in [1.82, 2.24) is 5.32 Å². The zero-order valence-corrected chi connectivity index (χ0v) is 13.8. The molecule has 2 unspecified atom stereocenters. The van der Waals surface area contributed by atoms with E-state index in [0.717, 1.165) is 25.7 Å². The maximum atomic E-state index is 12.4. The number of carbonyl (C=O) groups excluding carboxylic acids is 1. The number of benzene rings is 1. The summed E-state index contributed by atoms with van der Waals surface area (Å²) >= 11 is 9.47. The topological polar surface area (TPSA) is 49.3 Å². The Morgan fingerprint density at radius 3 is 3.00 bits per heavy atom. The Morgan fingerprint density at radius 1 is 1.60 bits per heavy atom. The summed E-state index contributed by atoms with van der Waals surface area (Å²) in [5.74, 6) is 0.286. The van der Waals surface area contributed by atoms with Gasteiger partial charge in [0.05, 0.1) is 22.7 Å². The van der Waals surface area contributed by atoms with Gasteiger partial charge in [-0.3, -0.25) is 4.79 Å². The van der Waals surface area contributed by atoms with Gasteiger partial charge in [0.2, 0.25) is 0 Å². The van der Waals surface area contributed by atoms with Crippen molar-refractivity contribution in [3.63, 3.8) is 0 Å². The highest BCUT2D eigenvalue weighted by Gasteiger charge is 2.36. The molecule has 1 fully saturated rings. The van der Waals surface area contributed by atoms with Gasteiger partial charge in [-0.2, -0.15) is 0 Å². The third kappa shape index (κ3) is 3.35. The molecule has 1 amide bonds. The van der Waals surface area contributed by atoms with E-state index in [1.54, 1.807) is 18.2 Å². The number of hydrogen-bond acceptors (Lipinski definition) is 2. The number of carbonyl (C=O) groups is 1. The third-order valence-electron chi connectivity index (χ3n) is 3.97. The van der Waals surface area contributed by atoms with Gasteiger partial charge in [-0.1, -0.05) is 37.4 Å². The van der Waals surface area contributed by atoms with E-state index in [1.807, 2.05) is 0 Å². The van der Waals surface area contributed by atoms with Crippen LogP contribution >= 0.6 is 27.5 Å². The van der Waals surface area contributed by atoms with E-state index in [4.69, 9.17) is 11.6 Å². The minimum Gasteiger partial charge on any atom is -0.394 e. The molecule has 0 heterocycles. The fourth-order valence-electron chi connectivity index (χ4n) is 2.94. The molecule has 0 spiro atoms. The summed E-state index contributed by atoms with van der Waals surface area (Å²) in [4.78, 5) is 12.4. The highest BCUT2D eigenvalue weighted by Crippen LogP contribution is 2.33. The molecule has 2 N–H and O–H groups in total. The monoisotopic (exact) mass is 359 g/mol. The number of rotatable bonds is 3. The quantitative estimate of drug-likeness (QED) is 0.862. The maximum Gasteiger partial charge on any atom is 0.253 e. The molecule has 1 aliphatic rings. The largest absolute Gasteiger partial charge is 0.394 e. The van der Waals surface area contributed by atoms with Crippen molar-refractivity contribution in [3.05, 3.63) is 33.3 Å². The van der Waals surface area contributed by atoms with E-state index in [2.05, 4.69) is 28.2 Å². The first-order valence-electron chi connectivity index (χ1n) is 6.85. The lowest BCUT2D eigenvalue weighted by Gasteiger charge is -2.39. The summed E-state index contributed by atoms with van der Waals surface area (Å²) in [5.41, 5.74) is -0.0764. The van der Waals surface area contributed by atoms with Gasteiger partial charge in [-0.15, -0.1) is 0 Å². The zero-order valence-electron chi connectivity index (χ0n) is 11.5. The highest BCUT2D eigenvalue weighted by atomic mass is 79.9. The lowest BCUT2D eigenvalue weighted by molar-refractivity contribution is 0.0697. The molecule has 1 saturated carbocycles. The first-order valence-corrected chi connectivity index (χ1v) is 8.02. The van der Waals surface area contributed by atoms with Gasteiger partial charge in [0.15, 0.2) is 0 Å². The Labute approximate surface area is 132 Å². The van der Waals surface area contributed by atoms with Crippen LogP contribution in [0, 0.1) is 5.92 Å². The van der Waals surface area contributed by atoms with Gasteiger partial charge in [-0.25, -0.2) is 0 Å². The van der Waals surface area contributed by atoms with E-state index >= 15 is 0 Å². The van der Waals surface area contributed by atoms with Crippen LogP contribution in [0.4, 0.5) is 0 Å². The van der Waals surface area contributed by atoms with E-state index in [-0.39, 0.29) is 12.5 Å². The fourth-order valence-corrected chi connectivity index (χ4v) is 3.52. The smallest absolute Gasteiger partial charge is 0.253 e. The van der Waals surface area contributed by atoms with Crippen molar-refractivity contribution >= 4 is 33.4 Å². The molecule has 1 aromatic rings. The molecule has 3 nitrogen and oxygen atoms in total. The van der Waals surface area contributed by atoms with Crippen LogP contribution < -0.4 is 5.32 Å². The number of halogens is 2. The summed E-state index contributed by atoms with van der Waals surface area (Å²) in [6.45, 7) is 2.12. The van der Waals surface area contributed by atoms with E-state index in [1.165, 1.54) is 0 Å². The van der Waals surface area contributed by atoms with Crippen molar-refractivity contribution in [2.45, 2.75) is 38.1 Å². The molecule has 5 heteroatoms. The second-order valence-corrected chi connectivity index (χ2v) is 6.93. The Bertz CT molecular complexity index is 509. The summed E-state index contributed by atoms with van der Waals surface area (Å²) in [6, 6.07) is 5.27. The van der Waals surface area contributed by atoms with Crippen LogP contribution in [0.25, 0.3) is 0 Å². The van der Waals surface area contributed by atoms with Gasteiger partial charge >= 0.3 is 0 Å². The summed E-state index contributed by atoms with van der Waals surface area (Å²) in [5, 5.41) is 13.1. The van der Waals surface area contributed by atoms with Crippen molar-refractivity contribution in [2.75, 3.05) is 6.61 Å². The lowest BCUT2D eigenvalue weighted by Crippen LogP contribution is -2.53. The Hall–Kier alpha value is -0.580. The SMILES string of the molecule is CC1CCCC(CO)(NC(=O)c2cccc(Br)c2Cl)C1. The molecule has 2 rings (SSSR count). The van der Waals surface area contributed by atoms with Crippen LogP contribution in [-0.2, 0) is 0 Å². The maximum absolute atomic E-state index is 12.4. The molecular formula is C15H19BrClNO2. The first kappa shape index (κ1) is 15.8. The van der Waals surface area contributed by atoms with Crippen LogP contribution in [0.5, 0.6) is 0 Å². The number of aliphatic hydroxyl groups excluding tert-OH is 1. The molecular weight excluding hydrogens is 342 g/mol. The zero-order chi connectivity index (χ0) is 14.8. The van der Waals surface area contributed by atoms with Gasteiger partial charge in [0.1, 0.15) is 0 Å². The number of hydrogen-bond donors (Lipinski definition) is 2. The molecule has 110 valence electrons. The average Bonchev–Trinajstić information content (AvgIpc) is 2.41. The molecule has 0 bridgehead atoms. The van der Waals surface area contributed by atoms with Crippen LogP contribution in [0.2, 0.25) is 5.02 Å². The molecule has 0 radical (unpaired) electrons. The predicted molar refractivity (Wildman–Crippen MR) is 84.1 cm³/mol. The van der Waals surface area contributed by atoms with Crippen molar-refractivity contribution in [2.24, 2.45) is 5.92 Å². The van der Waals surface area contributed by atoms with E-state index < -0.39 is 5.54 Å². The number of aliphatic hydroxyl groups is 1. The normalized spacial score (nSPS) is 26.3. The Morgan fingerprint density at radius 2 is 2.35 bits per heavy atom. The van der Waals surface area contributed by atoms with Crippen LogP contribution in [0.15, 0.2) is 22.7 Å². The molecule has 1 aromatic carbocycles. The van der Waals surface area contributed by atoms with Crippen molar-refractivity contribution < 1.29 is 9.90 Å². The van der Waals surface area contributed by atoms with Gasteiger partial charge < -0.3 is 10.4 Å². The Balaban J connectivity index is 2.19. The first-order chi connectivity index (χ1) is 9.47. The summed E-state index contributed by atoms with van der Waals surface area (Å²) in [7, 11) is 0. The molecule has 0 aliphatic heterocycles. The van der Waals surface area contributed by atoms with Crippen LogP contribution in [-0.4, -0.2) is 23.2 Å². The fraction of sp³-hybridized carbons (Fsp3) is 0.533. The highest BCUT2D eigenvalue weighted by molar-refractivity contribution is 9.10. The standard InChI is InChI=1S/C15H19BrClNO2/c1-10-4-3-7-15(8-10,9-19)18-14(20)11-5-2-6-12(16)13(11)17/h2,5-6,10,19H,3-4,7-9H2,1H3,(H,18,20). The molecule has 2 atom stereocenters. The minimum atomic E-state index is -0.513.